The first-order chi connectivity index (χ1) is 9.58. The lowest BCUT2D eigenvalue weighted by atomic mass is 9.87. The van der Waals surface area contributed by atoms with Gasteiger partial charge < -0.3 is 14.2 Å². The zero-order chi connectivity index (χ0) is 14.9. The Bertz CT molecular complexity index is 542. The average Bonchev–Trinajstić information content (AvgIpc) is 2.48. The van der Waals surface area contributed by atoms with E-state index in [1.54, 1.807) is 33.1 Å². The van der Waals surface area contributed by atoms with Crippen molar-refractivity contribution in [2.45, 2.75) is 25.8 Å². The monoisotopic (exact) mass is 295 g/mol. The molecule has 0 aliphatic carbocycles. The number of benzene rings is 1. The van der Waals surface area contributed by atoms with Gasteiger partial charge in [0.25, 0.3) is 0 Å². The van der Waals surface area contributed by atoms with Crippen molar-refractivity contribution in [3.05, 3.63) is 17.2 Å². The molecule has 20 heavy (non-hydrogen) atoms. The van der Waals surface area contributed by atoms with Crippen LogP contribution in [0.4, 0.5) is 0 Å². The van der Waals surface area contributed by atoms with Gasteiger partial charge in [0.2, 0.25) is 5.75 Å². The molecule has 1 aromatic carbocycles. The molecule has 110 valence electrons. The molecule has 0 aromatic heterocycles. The smallest absolute Gasteiger partial charge is 0.204 e. The van der Waals surface area contributed by atoms with Gasteiger partial charge in [0.05, 0.1) is 32.9 Å². The molecule has 0 N–H and O–H groups in total. The molecular weight excluding hydrogens is 274 g/mol. The molecule has 0 saturated carbocycles. The molecular formula is C15H21NO3S. The molecule has 1 heterocycles. The fourth-order valence-corrected chi connectivity index (χ4v) is 3.22. The highest BCUT2D eigenvalue weighted by molar-refractivity contribution is 8.13. The minimum absolute atomic E-state index is 0.243. The highest BCUT2D eigenvalue weighted by Gasteiger charge is 2.31. The van der Waals surface area contributed by atoms with Crippen LogP contribution in [0.3, 0.4) is 0 Å². The lowest BCUT2D eigenvalue weighted by Gasteiger charge is -2.29. The molecule has 4 nitrogen and oxygen atoms in total. The Balaban J connectivity index is 2.78. The zero-order valence-electron chi connectivity index (χ0n) is 12.8. The quantitative estimate of drug-likeness (QED) is 0.857. The number of methoxy groups -OCH3 is 3. The summed E-state index contributed by atoms with van der Waals surface area (Å²) in [4.78, 5) is 4.77. The number of aliphatic imine (C=N–C) groups is 1. The summed E-state index contributed by atoms with van der Waals surface area (Å²) in [6.07, 6.45) is 2.03. The minimum atomic E-state index is 0.243. The van der Waals surface area contributed by atoms with Gasteiger partial charge in [-0.05, 0) is 24.8 Å². The second kappa shape index (κ2) is 5.95. The van der Waals surface area contributed by atoms with Crippen LogP contribution in [0.2, 0.25) is 0 Å². The number of nitrogens with zero attached hydrogens (tertiary/aromatic N) is 1. The molecule has 0 saturated heterocycles. The highest BCUT2D eigenvalue weighted by Crippen LogP contribution is 2.47. The van der Waals surface area contributed by atoms with Gasteiger partial charge >= 0.3 is 0 Å². The Morgan fingerprint density at radius 2 is 1.70 bits per heavy atom. The van der Waals surface area contributed by atoms with Crippen molar-refractivity contribution in [1.82, 2.24) is 0 Å². The van der Waals surface area contributed by atoms with Gasteiger partial charge in [0, 0.05) is 5.92 Å². The van der Waals surface area contributed by atoms with E-state index in [0.29, 0.717) is 23.2 Å². The van der Waals surface area contributed by atoms with Crippen LogP contribution in [0.25, 0.3) is 0 Å². The highest BCUT2D eigenvalue weighted by atomic mass is 32.2. The molecule has 2 atom stereocenters. The minimum Gasteiger partial charge on any atom is -0.493 e. The average molecular weight is 295 g/mol. The van der Waals surface area contributed by atoms with Gasteiger partial charge in [-0.15, -0.1) is 11.8 Å². The second-order valence-electron chi connectivity index (χ2n) is 4.78. The molecule has 5 heteroatoms. The van der Waals surface area contributed by atoms with Gasteiger partial charge in [-0.1, -0.05) is 6.92 Å². The van der Waals surface area contributed by atoms with E-state index in [0.717, 1.165) is 10.6 Å². The van der Waals surface area contributed by atoms with Crippen LogP contribution in [0.15, 0.2) is 11.1 Å². The van der Waals surface area contributed by atoms with E-state index in [4.69, 9.17) is 19.2 Å². The summed E-state index contributed by atoms with van der Waals surface area (Å²) in [6, 6.07) is 2.29. The van der Waals surface area contributed by atoms with E-state index < -0.39 is 0 Å². The summed E-state index contributed by atoms with van der Waals surface area (Å²) >= 11 is 1.63. The lowest BCUT2D eigenvalue weighted by Crippen LogP contribution is -2.22. The molecule has 0 bridgehead atoms. The SMILES string of the molecule is COc1cc2c(c(OC)c1OC)C(SC)=NC(C)C2C. The zero-order valence-corrected chi connectivity index (χ0v) is 13.6. The predicted octanol–water partition coefficient (Wildman–Crippen LogP) is 3.33. The molecule has 2 unspecified atom stereocenters. The number of fused-ring (bicyclic) bond motifs is 1. The molecule has 0 radical (unpaired) electrons. The summed E-state index contributed by atoms with van der Waals surface area (Å²) in [5, 5.41) is 0.989. The third kappa shape index (κ3) is 2.24. The fourth-order valence-electron chi connectivity index (χ4n) is 2.53. The van der Waals surface area contributed by atoms with Gasteiger partial charge in [-0.2, -0.15) is 0 Å². The van der Waals surface area contributed by atoms with Crippen LogP contribution in [-0.4, -0.2) is 38.7 Å². The van der Waals surface area contributed by atoms with E-state index in [-0.39, 0.29) is 6.04 Å². The van der Waals surface area contributed by atoms with Crippen molar-refractivity contribution in [2.24, 2.45) is 4.99 Å². The Morgan fingerprint density at radius 3 is 2.20 bits per heavy atom. The second-order valence-corrected chi connectivity index (χ2v) is 5.57. The van der Waals surface area contributed by atoms with Crippen LogP contribution < -0.4 is 14.2 Å². The summed E-state index contributed by atoms with van der Waals surface area (Å²) in [7, 11) is 4.92. The normalized spacial score (nSPS) is 21.0. The Morgan fingerprint density at radius 1 is 1.05 bits per heavy atom. The summed E-state index contributed by atoms with van der Waals surface area (Å²) < 4.78 is 16.5. The molecule has 0 amide bonds. The summed E-state index contributed by atoms with van der Waals surface area (Å²) in [5.74, 6) is 2.34. The Hall–Kier alpha value is -1.36. The number of hydrogen-bond donors (Lipinski definition) is 0. The maximum atomic E-state index is 5.59. The maximum absolute atomic E-state index is 5.59. The van der Waals surface area contributed by atoms with Gasteiger partial charge in [0.15, 0.2) is 11.5 Å². The Labute approximate surface area is 124 Å². The number of rotatable bonds is 3. The molecule has 1 aromatic rings. The van der Waals surface area contributed by atoms with Crippen LogP contribution in [0.1, 0.15) is 30.9 Å². The first-order valence-electron chi connectivity index (χ1n) is 6.54. The van der Waals surface area contributed by atoms with Crippen molar-refractivity contribution in [2.75, 3.05) is 27.6 Å². The third-order valence-electron chi connectivity index (χ3n) is 3.80. The van der Waals surface area contributed by atoms with E-state index in [1.807, 2.05) is 12.3 Å². The van der Waals surface area contributed by atoms with E-state index in [9.17, 15) is 0 Å². The van der Waals surface area contributed by atoms with Gasteiger partial charge in [-0.3, -0.25) is 4.99 Å². The lowest BCUT2D eigenvalue weighted by molar-refractivity contribution is 0.322. The molecule has 1 aliphatic rings. The van der Waals surface area contributed by atoms with Crippen molar-refractivity contribution in [3.8, 4) is 17.2 Å². The fraction of sp³-hybridized carbons (Fsp3) is 0.533. The van der Waals surface area contributed by atoms with Gasteiger partial charge in [-0.25, -0.2) is 0 Å². The Kier molecular flexibility index (Phi) is 4.48. The number of hydrogen-bond acceptors (Lipinski definition) is 5. The van der Waals surface area contributed by atoms with Crippen molar-refractivity contribution >= 4 is 16.8 Å². The third-order valence-corrected chi connectivity index (χ3v) is 4.50. The molecule has 2 rings (SSSR count). The molecule has 1 aliphatic heterocycles. The predicted molar refractivity (Wildman–Crippen MR) is 84.0 cm³/mol. The van der Waals surface area contributed by atoms with E-state index in [2.05, 4.69) is 13.8 Å². The van der Waals surface area contributed by atoms with Crippen molar-refractivity contribution in [1.29, 1.82) is 0 Å². The van der Waals surface area contributed by atoms with E-state index in [1.165, 1.54) is 5.56 Å². The summed E-state index contributed by atoms with van der Waals surface area (Å²) in [5.41, 5.74) is 2.23. The van der Waals surface area contributed by atoms with Crippen LogP contribution in [-0.2, 0) is 0 Å². The molecule has 0 fully saturated rings. The first-order valence-corrected chi connectivity index (χ1v) is 7.76. The topological polar surface area (TPSA) is 40.0 Å². The van der Waals surface area contributed by atoms with Crippen LogP contribution in [0.5, 0.6) is 17.2 Å². The summed E-state index contributed by atoms with van der Waals surface area (Å²) in [6.45, 7) is 4.31. The standard InChI is InChI=1S/C15H21NO3S/c1-8-9(2)16-15(20-6)12-10(8)7-11(17-3)13(18-4)14(12)19-5/h7-9H,1-6H3. The number of ether oxygens (including phenoxy) is 3. The largest absolute Gasteiger partial charge is 0.493 e. The first kappa shape index (κ1) is 15.0. The maximum Gasteiger partial charge on any atom is 0.204 e. The van der Waals surface area contributed by atoms with Gasteiger partial charge in [0.1, 0.15) is 5.04 Å². The molecule has 0 spiro atoms. The van der Waals surface area contributed by atoms with Crippen molar-refractivity contribution in [3.63, 3.8) is 0 Å². The van der Waals surface area contributed by atoms with Crippen LogP contribution in [0, 0.1) is 0 Å². The van der Waals surface area contributed by atoms with E-state index >= 15 is 0 Å². The number of thioether (sulfide) groups is 1. The van der Waals surface area contributed by atoms with Crippen LogP contribution >= 0.6 is 11.8 Å². The van der Waals surface area contributed by atoms with Crippen molar-refractivity contribution < 1.29 is 14.2 Å².